The fourth-order valence-electron chi connectivity index (χ4n) is 1.85. The third-order valence-electron chi connectivity index (χ3n) is 3.10. The molecule has 4 nitrogen and oxygen atoms in total. The zero-order valence-electron chi connectivity index (χ0n) is 9.85. The van der Waals surface area contributed by atoms with Gasteiger partial charge in [0.25, 0.3) is 0 Å². The number of hydrogen-bond donors (Lipinski definition) is 1. The topological polar surface area (TPSA) is 70.0 Å². The Morgan fingerprint density at radius 1 is 1.44 bits per heavy atom. The maximum Gasteiger partial charge on any atom is 0.244 e. The first-order valence-electron chi connectivity index (χ1n) is 5.59. The van der Waals surface area contributed by atoms with Crippen LogP contribution < -0.4 is 4.72 Å². The van der Waals surface area contributed by atoms with Gasteiger partial charge in [-0.1, -0.05) is 12.1 Å². The minimum Gasteiger partial charge on any atom is -0.207 e. The Kier molecular flexibility index (Phi) is 3.13. The Labute approximate surface area is 105 Å². The van der Waals surface area contributed by atoms with Crippen molar-refractivity contribution < 1.29 is 12.8 Å². The lowest BCUT2D eigenvalue weighted by atomic mass is 10.0. The van der Waals surface area contributed by atoms with E-state index in [-0.39, 0.29) is 5.92 Å². The van der Waals surface area contributed by atoms with Gasteiger partial charge in [-0.05, 0) is 37.8 Å². The van der Waals surface area contributed by atoms with Crippen molar-refractivity contribution in [2.24, 2.45) is 5.92 Å². The molecule has 0 aliphatic heterocycles. The van der Waals surface area contributed by atoms with Crippen LogP contribution in [0.4, 0.5) is 4.39 Å². The predicted molar refractivity (Wildman–Crippen MR) is 63.5 cm³/mol. The van der Waals surface area contributed by atoms with Crippen LogP contribution in [-0.4, -0.2) is 14.0 Å². The molecular formula is C12H13FN2O2S. The van der Waals surface area contributed by atoms with E-state index >= 15 is 0 Å². The molecule has 0 radical (unpaired) electrons. The highest BCUT2D eigenvalue weighted by atomic mass is 32.2. The van der Waals surface area contributed by atoms with Gasteiger partial charge in [-0.15, -0.1) is 0 Å². The molecule has 6 heteroatoms. The average Bonchev–Trinajstić information content (AvgIpc) is 3.12. The standard InChI is InChI=1S/C12H13FN2O2S/c1-12(8-14,9-6-7-9)15-18(16,17)11-5-3-2-4-10(11)13/h2-5,9,15H,6-7H2,1H3/t12-/m1/s1. The maximum atomic E-state index is 13.5. The second-order valence-corrected chi connectivity index (χ2v) is 6.28. The number of halogens is 1. The molecule has 1 saturated carbocycles. The van der Waals surface area contributed by atoms with Gasteiger partial charge in [-0.2, -0.15) is 9.98 Å². The predicted octanol–water partition coefficient (Wildman–Crippen LogP) is 1.80. The van der Waals surface area contributed by atoms with Crippen LogP contribution in [0.3, 0.4) is 0 Å². The lowest BCUT2D eigenvalue weighted by Crippen LogP contribution is -2.46. The van der Waals surface area contributed by atoms with Gasteiger partial charge in [0.15, 0.2) is 0 Å². The Bertz CT molecular complexity index is 605. The van der Waals surface area contributed by atoms with Crippen LogP contribution in [0.15, 0.2) is 29.2 Å². The molecule has 1 N–H and O–H groups in total. The summed E-state index contributed by atoms with van der Waals surface area (Å²) in [5.41, 5.74) is -1.17. The molecule has 0 heterocycles. The summed E-state index contributed by atoms with van der Waals surface area (Å²) in [6.45, 7) is 1.53. The lowest BCUT2D eigenvalue weighted by molar-refractivity contribution is 0.456. The van der Waals surface area contributed by atoms with Crippen molar-refractivity contribution in [2.45, 2.75) is 30.2 Å². The molecule has 1 aliphatic rings. The maximum absolute atomic E-state index is 13.5. The van der Waals surface area contributed by atoms with Crippen molar-refractivity contribution in [1.82, 2.24) is 4.72 Å². The minimum atomic E-state index is -4.01. The van der Waals surface area contributed by atoms with Crippen LogP contribution in [0.5, 0.6) is 0 Å². The Hall–Kier alpha value is -1.45. The Morgan fingerprint density at radius 3 is 2.56 bits per heavy atom. The summed E-state index contributed by atoms with van der Waals surface area (Å²) in [4.78, 5) is -0.424. The fourth-order valence-corrected chi connectivity index (χ4v) is 3.32. The smallest absolute Gasteiger partial charge is 0.207 e. The largest absolute Gasteiger partial charge is 0.244 e. The summed E-state index contributed by atoms with van der Waals surface area (Å²) in [6, 6.07) is 7.09. The Balaban J connectivity index is 2.34. The summed E-state index contributed by atoms with van der Waals surface area (Å²) in [5, 5.41) is 9.10. The second kappa shape index (κ2) is 4.34. The van der Waals surface area contributed by atoms with Gasteiger partial charge in [0.2, 0.25) is 10.0 Å². The molecule has 0 spiro atoms. The molecule has 0 aromatic heterocycles. The number of hydrogen-bond acceptors (Lipinski definition) is 3. The highest BCUT2D eigenvalue weighted by molar-refractivity contribution is 7.89. The third-order valence-corrected chi connectivity index (χ3v) is 4.70. The van der Waals surface area contributed by atoms with Gasteiger partial charge in [-0.3, -0.25) is 0 Å². The van der Waals surface area contributed by atoms with E-state index < -0.39 is 26.3 Å². The fraction of sp³-hybridized carbons (Fsp3) is 0.417. The summed E-state index contributed by atoms with van der Waals surface area (Å²) in [7, 11) is -4.01. The van der Waals surface area contributed by atoms with Crippen LogP contribution in [0.25, 0.3) is 0 Å². The van der Waals surface area contributed by atoms with Crippen molar-refractivity contribution in [3.05, 3.63) is 30.1 Å². The van der Waals surface area contributed by atoms with Crippen molar-refractivity contribution in [2.75, 3.05) is 0 Å². The number of nitriles is 1. The molecule has 1 aromatic carbocycles. The molecule has 1 atom stereocenters. The van der Waals surface area contributed by atoms with E-state index in [0.29, 0.717) is 0 Å². The highest BCUT2D eigenvalue weighted by Crippen LogP contribution is 2.40. The van der Waals surface area contributed by atoms with Crippen molar-refractivity contribution >= 4 is 10.0 Å². The van der Waals surface area contributed by atoms with Gasteiger partial charge < -0.3 is 0 Å². The normalized spacial score (nSPS) is 18.9. The molecule has 1 aromatic rings. The van der Waals surface area contributed by atoms with E-state index in [2.05, 4.69) is 4.72 Å². The average molecular weight is 268 g/mol. The first-order chi connectivity index (χ1) is 8.39. The van der Waals surface area contributed by atoms with E-state index in [0.717, 1.165) is 18.9 Å². The van der Waals surface area contributed by atoms with Crippen molar-refractivity contribution in [3.63, 3.8) is 0 Å². The van der Waals surface area contributed by atoms with E-state index in [1.165, 1.54) is 25.1 Å². The first-order valence-corrected chi connectivity index (χ1v) is 7.07. The van der Waals surface area contributed by atoms with Crippen LogP contribution in [0.2, 0.25) is 0 Å². The number of nitrogens with zero attached hydrogens (tertiary/aromatic N) is 1. The lowest BCUT2D eigenvalue weighted by Gasteiger charge is -2.22. The van der Waals surface area contributed by atoms with Crippen LogP contribution in [0, 0.1) is 23.1 Å². The van der Waals surface area contributed by atoms with Gasteiger partial charge in [0.1, 0.15) is 16.3 Å². The van der Waals surface area contributed by atoms with Crippen LogP contribution in [0.1, 0.15) is 19.8 Å². The Morgan fingerprint density at radius 2 is 2.06 bits per heavy atom. The summed E-state index contributed by atoms with van der Waals surface area (Å²) in [5.74, 6) is -0.815. The van der Waals surface area contributed by atoms with E-state index in [4.69, 9.17) is 5.26 Å². The van der Waals surface area contributed by atoms with Gasteiger partial charge in [0, 0.05) is 0 Å². The monoisotopic (exact) mass is 268 g/mol. The summed E-state index contributed by atoms with van der Waals surface area (Å²) < 4.78 is 39.9. The molecule has 96 valence electrons. The molecule has 2 rings (SSSR count). The van der Waals surface area contributed by atoms with Crippen molar-refractivity contribution in [3.8, 4) is 6.07 Å². The molecule has 0 saturated heterocycles. The van der Waals surface area contributed by atoms with Crippen LogP contribution >= 0.6 is 0 Å². The molecule has 1 fully saturated rings. The zero-order chi connectivity index (χ0) is 13.4. The highest BCUT2D eigenvalue weighted by Gasteiger charge is 2.45. The summed E-state index contributed by atoms with van der Waals surface area (Å²) in [6.07, 6.45) is 1.62. The second-order valence-electron chi connectivity index (χ2n) is 4.62. The molecule has 1 aliphatic carbocycles. The zero-order valence-corrected chi connectivity index (χ0v) is 10.7. The van der Waals surface area contributed by atoms with Gasteiger partial charge >= 0.3 is 0 Å². The molecule has 0 amide bonds. The third kappa shape index (κ3) is 2.37. The molecule has 0 unspecified atom stereocenters. The number of rotatable bonds is 4. The minimum absolute atomic E-state index is 0.00375. The van der Waals surface area contributed by atoms with Crippen LogP contribution in [-0.2, 0) is 10.0 Å². The SMILES string of the molecule is C[C@](C#N)(NS(=O)(=O)c1ccccc1F)C1CC1. The van der Waals surface area contributed by atoms with Gasteiger partial charge in [0.05, 0.1) is 6.07 Å². The van der Waals surface area contributed by atoms with E-state index in [1.807, 2.05) is 6.07 Å². The van der Waals surface area contributed by atoms with E-state index in [9.17, 15) is 12.8 Å². The molecule has 0 bridgehead atoms. The first kappa shape index (κ1) is 13.0. The van der Waals surface area contributed by atoms with Crippen molar-refractivity contribution in [1.29, 1.82) is 5.26 Å². The number of benzene rings is 1. The van der Waals surface area contributed by atoms with Gasteiger partial charge in [-0.25, -0.2) is 12.8 Å². The molecule has 18 heavy (non-hydrogen) atoms. The number of sulfonamides is 1. The quantitative estimate of drug-likeness (QED) is 0.905. The summed E-state index contributed by atoms with van der Waals surface area (Å²) >= 11 is 0. The number of nitrogens with one attached hydrogen (secondary N) is 1. The molecular weight excluding hydrogens is 255 g/mol. The van der Waals surface area contributed by atoms with E-state index in [1.54, 1.807) is 0 Å².